The van der Waals surface area contributed by atoms with Crippen molar-refractivity contribution in [2.45, 2.75) is 61.4 Å². The Morgan fingerprint density at radius 3 is 2.48 bits per heavy atom. The van der Waals surface area contributed by atoms with Crippen LogP contribution in [-0.4, -0.2) is 90.7 Å². The van der Waals surface area contributed by atoms with E-state index in [1.165, 1.54) is 24.3 Å². The molecule has 2 aromatic rings. The molecule has 0 saturated carbocycles. The fraction of sp³-hybridized carbons (Fsp3) is 0.550. The van der Waals surface area contributed by atoms with Gasteiger partial charge in [-0.3, -0.25) is 0 Å². The van der Waals surface area contributed by atoms with Gasteiger partial charge >= 0.3 is 5.63 Å². The molecular formula is C20H24O11. The molecule has 2 aliphatic heterocycles. The Balaban J connectivity index is 1.63. The van der Waals surface area contributed by atoms with Crippen LogP contribution in [0.3, 0.4) is 0 Å². The van der Waals surface area contributed by atoms with Gasteiger partial charge in [0.25, 0.3) is 0 Å². The number of ether oxygens (including phenoxy) is 2. The molecule has 2 aliphatic rings. The van der Waals surface area contributed by atoms with Gasteiger partial charge in [-0.05, 0) is 19.1 Å². The lowest BCUT2D eigenvalue weighted by Gasteiger charge is -2.46. The number of rotatable bonds is 4. The molecule has 0 amide bonds. The Labute approximate surface area is 175 Å². The summed E-state index contributed by atoms with van der Waals surface area (Å²) in [6, 6.07) is 5.62. The van der Waals surface area contributed by atoms with E-state index in [2.05, 4.69) is 0 Å². The average Bonchev–Trinajstić information content (AvgIpc) is 3.06. The van der Waals surface area contributed by atoms with E-state index in [1.54, 1.807) is 0 Å². The molecule has 0 bridgehead atoms. The van der Waals surface area contributed by atoms with Crippen molar-refractivity contribution in [1.29, 1.82) is 0 Å². The molecule has 0 aliphatic carbocycles. The van der Waals surface area contributed by atoms with Crippen LogP contribution in [0.2, 0.25) is 0 Å². The molecular weight excluding hydrogens is 416 g/mol. The van der Waals surface area contributed by atoms with Crippen LogP contribution in [0.1, 0.15) is 18.6 Å². The highest BCUT2D eigenvalue weighted by molar-refractivity contribution is 5.80. The molecule has 0 unspecified atom stereocenters. The van der Waals surface area contributed by atoms with Crippen LogP contribution in [0.15, 0.2) is 33.5 Å². The lowest BCUT2D eigenvalue weighted by molar-refractivity contribution is -0.275. The van der Waals surface area contributed by atoms with Crippen molar-refractivity contribution in [3.63, 3.8) is 0 Å². The van der Waals surface area contributed by atoms with Crippen molar-refractivity contribution in [3.8, 4) is 5.75 Å². The quantitative estimate of drug-likeness (QED) is 0.250. The van der Waals surface area contributed by atoms with Gasteiger partial charge in [0.05, 0.1) is 6.61 Å². The first kappa shape index (κ1) is 22.1. The largest absolute Gasteiger partial charge is 0.484 e. The minimum absolute atomic E-state index is 0.126. The Bertz CT molecular complexity index is 1020. The van der Waals surface area contributed by atoms with Gasteiger partial charge in [-0.25, -0.2) is 4.79 Å². The summed E-state index contributed by atoms with van der Waals surface area (Å²) >= 11 is 0. The summed E-state index contributed by atoms with van der Waals surface area (Å²) in [4.78, 5) is 11.4. The van der Waals surface area contributed by atoms with Crippen molar-refractivity contribution in [3.05, 3.63) is 40.2 Å². The molecule has 11 heteroatoms. The summed E-state index contributed by atoms with van der Waals surface area (Å²) in [6.07, 6.45) is -12.8. The molecule has 0 radical (unpaired) electrons. The summed E-state index contributed by atoms with van der Waals surface area (Å²) < 4.78 is 16.1. The topological polar surface area (TPSA) is 190 Å². The Morgan fingerprint density at radius 1 is 1.10 bits per heavy atom. The van der Waals surface area contributed by atoms with Gasteiger partial charge in [0.1, 0.15) is 59.7 Å². The van der Waals surface area contributed by atoms with Gasteiger partial charge in [-0.2, -0.15) is 0 Å². The van der Waals surface area contributed by atoms with Crippen LogP contribution in [0.5, 0.6) is 5.75 Å². The Morgan fingerprint density at radius 2 is 1.81 bits per heavy atom. The molecule has 1 saturated heterocycles. The number of aliphatic hydroxyl groups is 7. The summed E-state index contributed by atoms with van der Waals surface area (Å²) in [5, 5.41) is 72.7. The van der Waals surface area contributed by atoms with E-state index in [4.69, 9.17) is 13.9 Å². The number of hydrogen-bond acceptors (Lipinski definition) is 11. The van der Waals surface area contributed by atoms with E-state index in [0.717, 1.165) is 6.92 Å². The minimum Gasteiger partial charge on any atom is -0.484 e. The second-order valence-electron chi connectivity index (χ2n) is 8.13. The highest BCUT2D eigenvalue weighted by atomic mass is 16.6. The third kappa shape index (κ3) is 3.52. The molecule has 31 heavy (non-hydrogen) atoms. The first-order valence-corrected chi connectivity index (χ1v) is 9.69. The average molecular weight is 440 g/mol. The van der Waals surface area contributed by atoms with Crippen molar-refractivity contribution >= 4 is 11.0 Å². The lowest BCUT2D eigenvalue weighted by atomic mass is 9.81. The third-order valence-corrected chi connectivity index (χ3v) is 6.03. The maximum Gasteiger partial charge on any atom is 0.336 e. The summed E-state index contributed by atoms with van der Waals surface area (Å²) in [6.45, 7) is 0.445. The standard InChI is InChI=1S/C20H24O11/c1-20(28,18(27)17-16(26)15(25)14(24)11(6-21)30-17)19-13(23)8-4-7-2-3-12(22)29-9(7)5-10(8)31-19/h2-5,11,13-19,21,23-28H,6H2,1H3/t11-,13-,14-,15+,16-,17-,18-,19+,20+/m1/s1. The van der Waals surface area contributed by atoms with Gasteiger partial charge in [-0.1, -0.05) is 0 Å². The predicted molar refractivity (Wildman–Crippen MR) is 102 cm³/mol. The predicted octanol–water partition coefficient (Wildman–Crippen LogP) is -2.46. The maximum absolute atomic E-state index is 11.4. The molecule has 1 aromatic heterocycles. The van der Waals surface area contributed by atoms with Crippen molar-refractivity contribution < 1.29 is 49.6 Å². The second kappa shape index (κ2) is 7.80. The highest BCUT2D eigenvalue weighted by Crippen LogP contribution is 2.44. The highest BCUT2D eigenvalue weighted by Gasteiger charge is 2.56. The zero-order valence-corrected chi connectivity index (χ0v) is 16.4. The maximum atomic E-state index is 11.4. The third-order valence-electron chi connectivity index (χ3n) is 6.03. The van der Waals surface area contributed by atoms with E-state index >= 15 is 0 Å². The van der Waals surface area contributed by atoms with Crippen LogP contribution in [0.4, 0.5) is 0 Å². The van der Waals surface area contributed by atoms with E-state index in [-0.39, 0.29) is 16.9 Å². The zero-order chi connectivity index (χ0) is 22.7. The molecule has 170 valence electrons. The second-order valence-corrected chi connectivity index (χ2v) is 8.13. The van der Waals surface area contributed by atoms with Crippen LogP contribution >= 0.6 is 0 Å². The zero-order valence-electron chi connectivity index (χ0n) is 16.4. The van der Waals surface area contributed by atoms with Gasteiger partial charge in [0.15, 0.2) is 6.10 Å². The monoisotopic (exact) mass is 440 g/mol. The Kier molecular flexibility index (Phi) is 5.56. The number of hydrogen-bond donors (Lipinski definition) is 7. The first-order valence-electron chi connectivity index (χ1n) is 9.69. The van der Waals surface area contributed by atoms with Gasteiger partial charge < -0.3 is 49.6 Å². The minimum atomic E-state index is -2.22. The fourth-order valence-corrected chi connectivity index (χ4v) is 4.14. The molecule has 3 heterocycles. The molecule has 11 nitrogen and oxygen atoms in total. The normalized spacial score (nSPS) is 35.9. The number of fused-ring (bicyclic) bond motifs is 2. The van der Waals surface area contributed by atoms with Crippen LogP contribution in [0, 0.1) is 0 Å². The van der Waals surface area contributed by atoms with Crippen LogP contribution < -0.4 is 10.4 Å². The smallest absolute Gasteiger partial charge is 0.336 e. The van der Waals surface area contributed by atoms with E-state index < -0.39 is 66.7 Å². The summed E-state index contributed by atoms with van der Waals surface area (Å²) in [7, 11) is 0. The van der Waals surface area contributed by atoms with Crippen LogP contribution in [-0.2, 0) is 4.74 Å². The summed E-state index contributed by atoms with van der Waals surface area (Å²) in [5.41, 5.74) is -2.31. The van der Waals surface area contributed by atoms with E-state index in [0.29, 0.717) is 5.39 Å². The van der Waals surface area contributed by atoms with Crippen molar-refractivity contribution in [2.75, 3.05) is 6.61 Å². The summed E-state index contributed by atoms with van der Waals surface area (Å²) in [5.74, 6) is 0.126. The van der Waals surface area contributed by atoms with E-state index in [9.17, 15) is 40.5 Å². The number of aliphatic hydroxyl groups excluding tert-OH is 6. The van der Waals surface area contributed by atoms with Gasteiger partial charge in [-0.15, -0.1) is 0 Å². The molecule has 0 spiro atoms. The van der Waals surface area contributed by atoms with E-state index in [1.807, 2.05) is 0 Å². The Hall–Kier alpha value is -2.09. The van der Waals surface area contributed by atoms with Gasteiger partial charge in [0.2, 0.25) is 0 Å². The molecule has 1 fully saturated rings. The van der Waals surface area contributed by atoms with Gasteiger partial charge in [0, 0.05) is 23.1 Å². The van der Waals surface area contributed by atoms with Crippen molar-refractivity contribution in [1.82, 2.24) is 0 Å². The first-order chi connectivity index (χ1) is 14.6. The van der Waals surface area contributed by atoms with Crippen LogP contribution in [0.25, 0.3) is 11.0 Å². The molecule has 9 atom stereocenters. The SMILES string of the molecule is C[C@](O)([C@H](O)[C@@H]1O[C@H](CO)[C@@H](O)[C@H](O)[C@H]1O)[C@H]1Oc2cc3oc(=O)ccc3cc2[C@H]1O. The van der Waals surface area contributed by atoms with Crippen molar-refractivity contribution in [2.24, 2.45) is 0 Å². The molecule has 4 rings (SSSR count). The number of benzene rings is 1. The lowest BCUT2D eigenvalue weighted by Crippen LogP contribution is -2.67. The molecule has 7 N–H and O–H groups in total. The fourth-order valence-electron chi connectivity index (χ4n) is 4.14. The molecule has 1 aromatic carbocycles.